The lowest BCUT2D eigenvalue weighted by atomic mass is 9.97. The van der Waals surface area contributed by atoms with Crippen LogP contribution in [-0.4, -0.2) is 59.9 Å². The molecular weight excluding hydrogens is 340 g/mol. The highest BCUT2D eigenvalue weighted by Crippen LogP contribution is 2.23. The zero-order valence-corrected chi connectivity index (χ0v) is 16.3. The summed E-state index contributed by atoms with van der Waals surface area (Å²) in [5.74, 6) is 0.156. The number of benzene rings is 1. The van der Waals surface area contributed by atoms with Crippen molar-refractivity contribution in [1.82, 2.24) is 15.1 Å². The van der Waals surface area contributed by atoms with Crippen molar-refractivity contribution in [3.8, 4) is 0 Å². The van der Waals surface area contributed by atoms with E-state index in [0.29, 0.717) is 19.5 Å². The SMILES string of the molecule is CC(C(=O)N1CCCCC1CNC(=O)CCN)N1CCc2ccccc2C1. The molecule has 2 aliphatic heterocycles. The smallest absolute Gasteiger partial charge is 0.239 e. The van der Waals surface area contributed by atoms with Gasteiger partial charge in [0.05, 0.1) is 6.04 Å². The first-order valence-corrected chi connectivity index (χ1v) is 10.2. The fourth-order valence-electron chi connectivity index (χ4n) is 4.20. The van der Waals surface area contributed by atoms with Crippen molar-refractivity contribution >= 4 is 11.8 Å². The monoisotopic (exact) mass is 372 g/mol. The first kappa shape index (κ1) is 19.8. The molecule has 2 amide bonds. The Morgan fingerprint density at radius 2 is 2.00 bits per heavy atom. The summed E-state index contributed by atoms with van der Waals surface area (Å²) in [6.45, 7) is 5.43. The van der Waals surface area contributed by atoms with Crippen molar-refractivity contribution < 1.29 is 9.59 Å². The van der Waals surface area contributed by atoms with Gasteiger partial charge in [0.25, 0.3) is 0 Å². The zero-order valence-electron chi connectivity index (χ0n) is 16.3. The van der Waals surface area contributed by atoms with E-state index in [1.807, 2.05) is 11.8 Å². The second kappa shape index (κ2) is 9.33. The fourth-order valence-corrected chi connectivity index (χ4v) is 4.20. The fraction of sp³-hybridized carbons (Fsp3) is 0.619. The summed E-state index contributed by atoms with van der Waals surface area (Å²) in [7, 11) is 0. The van der Waals surface area contributed by atoms with E-state index in [9.17, 15) is 9.59 Å². The second-order valence-corrected chi connectivity index (χ2v) is 7.69. The van der Waals surface area contributed by atoms with Crippen LogP contribution < -0.4 is 11.1 Å². The Hall–Kier alpha value is -1.92. The van der Waals surface area contributed by atoms with Crippen molar-refractivity contribution in [1.29, 1.82) is 0 Å². The number of carbonyl (C=O) groups is 2. The van der Waals surface area contributed by atoms with Gasteiger partial charge in [0.1, 0.15) is 0 Å². The number of carbonyl (C=O) groups excluding carboxylic acids is 2. The number of likely N-dealkylation sites (tertiary alicyclic amines) is 1. The van der Waals surface area contributed by atoms with Crippen LogP contribution in [0.4, 0.5) is 0 Å². The molecule has 0 bridgehead atoms. The predicted octanol–water partition coefficient (Wildman–Crippen LogP) is 1.28. The molecule has 0 aliphatic carbocycles. The van der Waals surface area contributed by atoms with Crippen LogP contribution in [0.1, 0.15) is 43.7 Å². The molecule has 6 heteroatoms. The van der Waals surface area contributed by atoms with Crippen LogP contribution in [0.5, 0.6) is 0 Å². The van der Waals surface area contributed by atoms with Crippen molar-refractivity contribution in [2.45, 2.75) is 57.7 Å². The Morgan fingerprint density at radius 3 is 2.78 bits per heavy atom. The Bertz CT molecular complexity index is 663. The molecule has 3 N–H and O–H groups in total. The molecule has 3 rings (SSSR count). The lowest BCUT2D eigenvalue weighted by molar-refractivity contribution is -0.141. The molecule has 2 atom stereocenters. The van der Waals surface area contributed by atoms with E-state index in [2.05, 4.69) is 34.5 Å². The molecule has 0 saturated carbocycles. The average Bonchev–Trinajstić information content (AvgIpc) is 2.71. The molecule has 1 aromatic carbocycles. The van der Waals surface area contributed by atoms with E-state index in [0.717, 1.165) is 45.3 Å². The van der Waals surface area contributed by atoms with E-state index in [1.54, 1.807) is 0 Å². The Morgan fingerprint density at radius 1 is 1.22 bits per heavy atom. The Balaban J connectivity index is 1.61. The molecule has 1 saturated heterocycles. The Labute approximate surface area is 162 Å². The molecule has 2 heterocycles. The van der Waals surface area contributed by atoms with Crippen molar-refractivity contribution in [3.05, 3.63) is 35.4 Å². The molecule has 27 heavy (non-hydrogen) atoms. The maximum atomic E-state index is 13.2. The summed E-state index contributed by atoms with van der Waals surface area (Å²) in [5, 5.41) is 2.94. The highest BCUT2D eigenvalue weighted by molar-refractivity contribution is 5.82. The maximum absolute atomic E-state index is 13.2. The molecule has 2 aliphatic rings. The zero-order chi connectivity index (χ0) is 19.2. The summed E-state index contributed by atoms with van der Waals surface area (Å²) < 4.78 is 0. The minimum atomic E-state index is -0.140. The molecule has 2 unspecified atom stereocenters. The van der Waals surface area contributed by atoms with Gasteiger partial charge in [0.15, 0.2) is 0 Å². The standard InChI is InChI=1S/C21H32N4O2/c1-16(24-13-10-17-6-2-3-7-18(17)15-24)21(27)25-12-5-4-8-19(25)14-23-20(26)9-11-22/h2-3,6-7,16,19H,4-5,8-15,22H2,1H3,(H,23,26). The molecule has 0 spiro atoms. The first-order chi connectivity index (χ1) is 13.1. The van der Waals surface area contributed by atoms with Crippen molar-refractivity contribution in [3.63, 3.8) is 0 Å². The minimum absolute atomic E-state index is 0.0313. The summed E-state index contributed by atoms with van der Waals surface area (Å²) in [5.41, 5.74) is 8.16. The third-order valence-corrected chi connectivity index (χ3v) is 5.88. The lowest BCUT2D eigenvalue weighted by Gasteiger charge is -2.40. The summed E-state index contributed by atoms with van der Waals surface area (Å²) >= 11 is 0. The summed E-state index contributed by atoms with van der Waals surface area (Å²) in [6, 6.07) is 8.45. The largest absolute Gasteiger partial charge is 0.354 e. The highest BCUT2D eigenvalue weighted by Gasteiger charge is 2.33. The number of hydrogen-bond acceptors (Lipinski definition) is 4. The lowest BCUT2D eigenvalue weighted by Crippen LogP contribution is -2.55. The van der Waals surface area contributed by atoms with Gasteiger partial charge in [-0.1, -0.05) is 24.3 Å². The summed E-state index contributed by atoms with van der Waals surface area (Å²) in [6.07, 6.45) is 4.42. The minimum Gasteiger partial charge on any atom is -0.354 e. The van der Waals surface area contributed by atoms with Gasteiger partial charge in [-0.25, -0.2) is 0 Å². The molecular formula is C21H32N4O2. The second-order valence-electron chi connectivity index (χ2n) is 7.69. The average molecular weight is 373 g/mol. The van der Waals surface area contributed by atoms with Gasteiger partial charge in [-0.3, -0.25) is 14.5 Å². The van der Waals surface area contributed by atoms with Gasteiger partial charge >= 0.3 is 0 Å². The number of rotatable bonds is 6. The van der Waals surface area contributed by atoms with Gasteiger partial charge in [-0.2, -0.15) is 0 Å². The van der Waals surface area contributed by atoms with Gasteiger partial charge in [-0.05, 0) is 43.7 Å². The van der Waals surface area contributed by atoms with Crippen LogP contribution >= 0.6 is 0 Å². The van der Waals surface area contributed by atoms with Crippen LogP contribution in [0.2, 0.25) is 0 Å². The van der Waals surface area contributed by atoms with Crippen LogP contribution in [-0.2, 0) is 22.6 Å². The van der Waals surface area contributed by atoms with Crippen LogP contribution in [0.15, 0.2) is 24.3 Å². The number of fused-ring (bicyclic) bond motifs is 1. The van der Waals surface area contributed by atoms with Gasteiger partial charge in [0.2, 0.25) is 11.8 Å². The van der Waals surface area contributed by atoms with Crippen molar-refractivity contribution in [2.75, 3.05) is 26.2 Å². The molecule has 6 nitrogen and oxygen atoms in total. The van der Waals surface area contributed by atoms with Crippen molar-refractivity contribution in [2.24, 2.45) is 5.73 Å². The quantitative estimate of drug-likeness (QED) is 0.788. The van der Waals surface area contributed by atoms with Gasteiger partial charge < -0.3 is 16.0 Å². The topological polar surface area (TPSA) is 78.7 Å². The number of nitrogens with two attached hydrogens (primary N) is 1. The van der Waals surface area contributed by atoms with Gasteiger partial charge in [-0.15, -0.1) is 0 Å². The number of hydrogen-bond donors (Lipinski definition) is 2. The van der Waals surface area contributed by atoms with E-state index in [1.165, 1.54) is 11.1 Å². The summed E-state index contributed by atoms with van der Waals surface area (Å²) in [4.78, 5) is 29.3. The normalized spacial score (nSPS) is 21.4. The van der Waals surface area contributed by atoms with E-state index >= 15 is 0 Å². The Kier molecular flexibility index (Phi) is 6.85. The molecule has 1 aromatic rings. The van der Waals surface area contributed by atoms with E-state index in [4.69, 9.17) is 5.73 Å². The highest BCUT2D eigenvalue weighted by atomic mass is 16.2. The molecule has 0 radical (unpaired) electrons. The number of piperidine rings is 1. The predicted molar refractivity (Wildman–Crippen MR) is 106 cm³/mol. The molecule has 0 aromatic heterocycles. The van der Waals surface area contributed by atoms with Crippen LogP contribution in [0.3, 0.4) is 0 Å². The number of amides is 2. The first-order valence-electron chi connectivity index (χ1n) is 10.2. The number of nitrogens with zero attached hydrogens (tertiary/aromatic N) is 2. The third kappa shape index (κ3) is 4.87. The molecule has 1 fully saturated rings. The van der Waals surface area contributed by atoms with E-state index in [-0.39, 0.29) is 23.9 Å². The third-order valence-electron chi connectivity index (χ3n) is 5.88. The van der Waals surface area contributed by atoms with Crippen LogP contribution in [0.25, 0.3) is 0 Å². The van der Waals surface area contributed by atoms with Gasteiger partial charge in [0, 0.05) is 45.2 Å². The van der Waals surface area contributed by atoms with Crippen LogP contribution in [0, 0.1) is 0 Å². The number of nitrogens with one attached hydrogen (secondary N) is 1. The molecule has 148 valence electrons. The van der Waals surface area contributed by atoms with E-state index < -0.39 is 0 Å². The maximum Gasteiger partial charge on any atom is 0.239 e.